The lowest BCUT2D eigenvalue weighted by Gasteiger charge is -2.33. The van der Waals surface area contributed by atoms with Gasteiger partial charge in [0.05, 0.1) is 17.6 Å². The average Bonchev–Trinajstić information content (AvgIpc) is 1.99. The molecular weight excluding hydrogens is 207 g/mol. The van der Waals surface area contributed by atoms with Gasteiger partial charge in [0.25, 0.3) is 0 Å². The van der Waals surface area contributed by atoms with Gasteiger partial charge in [-0.3, -0.25) is 0 Å². The van der Waals surface area contributed by atoms with E-state index in [-0.39, 0.29) is 11.1 Å². The van der Waals surface area contributed by atoms with E-state index in [1.807, 2.05) is 15.5 Å². The minimum atomic E-state index is -1.46. The zero-order chi connectivity index (χ0) is 11.9. The molecule has 4 heteroatoms. The molecule has 1 aliphatic rings. The smallest absolute Gasteiger partial charge is 0.152 e. The third-order valence-corrected chi connectivity index (χ3v) is 4.66. The van der Waals surface area contributed by atoms with Crippen molar-refractivity contribution in [2.75, 3.05) is 6.54 Å². The van der Waals surface area contributed by atoms with Gasteiger partial charge >= 0.3 is 8.10 Å². The highest BCUT2D eigenvalue weighted by atomic mass is 31.1. The molecule has 0 fully saturated rings. The van der Waals surface area contributed by atoms with E-state index >= 15 is 0 Å². The van der Waals surface area contributed by atoms with Crippen LogP contribution in [0.3, 0.4) is 0 Å². The fourth-order valence-corrected chi connectivity index (χ4v) is 3.20. The number of nitrogens with zero attached hydrogens (tertiary/aromatic N) is 2. The van der Waals surface area contributed by atoms with Crippen LogP contribution in [0.5, 0.6) is 0 Å². The van der Waals surface area contributed by atoms with Crippen LogP contribution in [0.4, 0.5) is 0 Å². The molecule has 15 heavy (non-hydrogen) atoms. The van der Waals surface area contributed by atoms with E-state index in [0.29, 0.717) is 0 Å². The Kier molecular flexibility index (Phi) is 3.27. The molecule has 0 aromatic carbocycles. The summed E-state index contributed by atoms with van der Waals surface area (Å²) in [6.07, 6.45) is 4.04. The van der Waals surface area contributed by atoms with Crippen molar-refractivity contribution in [1.82, 2.24) is 9.34 Å². The SMILES string of the molecule is CC(C)(C)N1C=CCN(C(C)(C)C)[P+]1=O. The van der Waals surface area contributed by atoms with Gasteiger partial charge < -0.3 is 0 Å². The molecule has 1 unspecified atom stereocenters. The summed E-state index contributed by atoms with van der Waals surface area (Å²) >= 11 is 0. The molecular formula is C11H22N2OP+. The standard InChI is InChI=1S/C11H22N2OP/c1-10(2,3)12-8-7-9-13(15(12)14)11(4,5)6/h7-8H,9H2,1-6H3/q+1. The van der Waals surface area contributed by atoms with Gasteiger partial charge in [0.2, 0.25) is 0 Å². The number of hydrogen-bond donors (Lipinski definition) is 0. The summed E-state index contributed by atoms with van der Waals surface area (Å²) < 4.78 is 16.3. The van der Waals surface area contributed by atoms with Gasteiger partial charge in [0, 0.05) is 6.20 Å². The van der Waals surface area contributed by atoms with Gasteiger partial charge in [-0.25, -0.2) is 0 Å². The Hall–Kier alpha value is -0.400. The maximum atomic E-state index is 12.4. The van der Waals surface area contributed by atoms with E-state index in [1.165, 1.54) is 0 Å². The van der Waals surface area contributed by atoms with Crippen molar-refractivity contribution < 1.29 is 4.57 Å². The number of hydrogen-bond acceptors (Lipinski definition) is 1. The van der Waals surface area contributed by atoms with E-state index in [0.717, 1.165) is 6.54 Å². The Morgan fingerprint density at radius 3 is 2.00 bits per heavy atom. The van der Waals surface area contributed by atoms with E-state index in [4.69, 9.17) is 0 Å². The summed E-state index contributed by atoms with van der Waals surface area (Å²) in [4.78, 5) is 0. The molecule has 0 N–H and O–H groups in total. The minimum absolute atomic E-state index is 0.0539. The first-order valence-corrected chi connectivity index (χ1v) is 6.51. The number of rotatable bonds is 0. The maximum absolute atomic E-state index is 12.4. The summed E-state index contributed by atoms with van der Waals surface area (Å²) in [7, 11) is -1.46. The van der Waals surface area contributed by atoms with E-state index in [2.05, 4.69) is 47.6 Å². The summed E-state index contributed by atoms with van der Waals surface area (Å²) in [6, 6.07) is 0. The first-order chi connectivity index (χ1) is 6.64. The van der Waals surface area contributed by atoms with Crippen molar-refractivity contribution >= 4 is 8.10 Å². The summed E-state index contributed by atoms with van der Waals surface area (Å²) in [6.45, 7) is 13.3. The average molecular weight is 229 g/mol. The van der Waals surface area contributed by atoms with Crippen LogP contribution in [-0.4, -0.2) is 27.0 Å². The fourth-order valence-electron chi connectivity index (χ4n) is 1.50. The molecule has 0 bridgehead atoms. The lowest BCUT2D eigenvalue weighted by atomic mass is 10.1. The maximum Gasteiger partial charge on any atom is 0.567 e. The van der Waals surface area contributed by atoms with Gasteiger partial charge in [-0.1, -0.05) is 4.67 Å². The molecule has 3 nitrogen and oxygen atoms in total. The van der Waals surface area contributed by atoms with Crippen molar-refractivity contribution in [2.24, 2.45) is 0 Å². The molecule has 1 atom stereocenters. The van der Waals surface area contributed by atoms with Crippen molar-refractivity contribution in [3.8, 4) is 0 Å². The molecule has 0 aromatic heterocycles. The normalized spacial score (nSPS) is 22.3. The molecule has 86 valence electrons. The zero-order valence-electron chi connectivity index (χ0n) is 10.6. The van der Waals surface area contributed by atoms with E-state index < -0.39 is 8.10 Å². The lowest BCUT2D eigenvalue weighted by Crippen LogP contribution is -2.44. The molecule has 0 amide bonds. The highest BCUT2D eigenvalue weighted by molar-refractivity contribution is 7.39. The first-order valence-electron chi connectivity index (χ1n) is 5.35. The van der Waals surface area contributed by atoms with Crippen LogP contribution in [0.2, 0.25) is 0 Å². The molecule has 0 spiro atoms. The molecule has 1 rings (SSSR count). The second-order valence-corrected chi connectivity index (χ2v) is 7.33. The van der Waals surface area contributed by atoms with Crippen LogP contribution in [0.25, 0.3) is 0 Å². The predicted octanol–water partition coefficient (Wildman–Crippen LogP) is 3.37. The Labute approximate surface area is 94.0 Å². The van der Waals surface area contributed by atoms with Crippen LogP contribution >= 0.6 is 8.10 Å². The monoisotopic (exact) mass is 229 g/mol. The highest BCUT2D eigenvalue weighted by Gasteiger charge is 2.47. The minimum Gasteiger partial charge on any atom is -0.152 e. The molecule has 1 heterocycles. The molecule has 0 saturated heterocycles. The zero-order valence-corrected chi connectivity index (χ0v) is 11.5. The third-order valence-electron chi connectivity index (χ3n) is 2.38. The lowest BCUT2D eigenvalue weighted by molar-refractivity contribution is 0.223. The summed E-state index contributed by atoms with van der Waals surface area (Å²) in [5.41, 5.74) is -0.143. The Morgan fingerprint density at radius 1 is 1.07 bits per heavy atom. The first kappa shape index (κ1) is 12.7. The second kappa shape index (κ2) is 3.88. The summed E-state index contributed by atoms with van der Waals surface area (Å²) in [5, 5.41) is 0. The molecule has 0 radical (unpaired) electrons. The van der Waals surface area contributed by atoms with Gasteiger partial charge in [0.15, 0.2) is 0 Å². The Bertz CT molecular complexity index is 286. The third kappa shape index (κ3) is 2.79. The van der Waals surface area contributed by atoms with Crippen LogP contribution in [0.1, 0.15) is 41.5 Å². The molecule has 0 aromatic rings. The second-order valence-electron chi connectivity index (χ2n) is 5.91. The Morgan fingerprint density at radius 2 is 1.60 bits per heavy atom. The predicted molar refractivity (Wildman–Crippen MR) is 64.8 cm³/mol. The van der Waals surface area contributed by atoms with Crippen LogP contribution in [-0.2, 0) is 4.57 Å². The Balaban J connectivity index is 2.95. The van der Waals surface area contributed by atoms with Crippen molar-refractivity contribution in [3.63, 3.8) is 0 Å². The van der Waals surface area contributed by atoms with Gasteiger partial charge in [-0.2, -0.15) is 4.67 Å². The quantitative estimate of drug-likeness (QED) is 0.595. The van der Waals surface area contributed by atoms with Gasteiger partial charge in [0.1, 0.15) is 0 Å². The molecule has 0 saturated carbocycles. The highest BCUT2D eigenvalue weighted by Crippen LogP contribution is 2.44. The van der Waals surface area contributed by atoms with Gasteiger partial charge in [-0.15, -0.1) is 0 Å². The van der Waals surface area contributed by atoms with E-state index in [9.17, 15) is 4.57 Å². The topological polar surface area (TPSA) is 23.6 Å². The summed E-state index contributed by atoms with van der Waals surface area (Å²) in [5.74, 6) is 0. The van der Waals surface area contributed by atoms with Gasteiger partial charge in [-0.05, 0) is 52.2 Å². The van der Waals surface area contributed by atoms with Crippen LogP contribution in [0, 0.1) is 0 Å². The van der Waals surface area contributed by atoms with Crippen molar-refractivity contribution in [2.45, 2.75) is 52.6 Å². The largest absolute Gasteiger partial charge is 0.567 e. The van der Waals surface area contributed by atoms with Crippen molar-refractivity contribution in [3.05, 3.63) is 12.3 Å². The molecule has 0 aliphatic carbocycles. The molecule has 1 aliphatic heterocycles. The van der Waals surface area contributed by atoms with Crippen LogP contribution in [0.15, 0.2) is 12.3 Å². The van der Waals surface area contributed by atoms with Crippen LogP contribution < -0.4 is 0 Å². The van der Waals surface area contributed by atoms with Crippen molar-refractivity contribution in [1.29, 1.82) is 0 Å². The van der Waals surface area contributed by atoms with E-state index in [1.54, 1.807) is 0 Å². The fraction of sp³-hybridized carbons (Fsp3) is 0.818.